The first-order valence-electron chi connectivity index (χ1n) is 6.68. The number of likely N-dealkylation sites (tertiary alicyclic amines) is 1. The number of amides is 1. The van der Waals surface area contributed by atoms with E-state index in [1.165, 1.54) is 11.3 Å². The number of rotatable bonds is 4. The van der Waals surface area contributed by atoms with Crippen molar-refractivity contribution in [2.24, 2.45) is 5.92 Å². The summed E-state index contributed by atoms with van der Waals surface area (Å²) in [6.07, 6.45) is 1.90. The molecule has 1 aliphatic rings. The quantitative estimate of drug-likeness (QED) is 0.862. The van der Waals surface area contributed by atoms with Crippen molar-refractivity contribution in [3.8, 4) is 0 Å². The van der Waals surface area contributed by atoms with Gasteiger partial charge in [0.05, 0.1) is 11.1 Å². The zero-order chi connectivity index (χ0) is 13.8. The average molecular weight is 284 g/mol. The van der Waals surface area contributed by atoms with E-state index >= 15 is 0 Å². The Kier molecular flexibility index (Phi) is 4.90. The molecule has 2 N–H and O–H groups in total. The van der Waals surface area contributed by atoms with E-state index in [1.54, 1.807) is 10.3 Å². The number of hydrogen-bond donors (Lipinski definition) is 2. The summed E-state index contributed by atoms with van der Waals surface area (Å²) in [5, 5.41) is 21.7. The van der Waals surface area contributed by atoms with Gasteiger partial charge in [-0.2, -0.15) is 0 Å². The second-order valence-electron chi connectivity index (χ2n) is 4.93. The predicted molar refractivity (Wildman–Crippen MR) is 73.2 cm³/mol. The van der Waals surface area contributed by atoms with Crippen LogP contribution in [0.1, 0.15) is 35.3 Å². The zero-order valence-corrected chi connectivity index (χ0v) is 11.9. The highest BCUT2D eigenvalue weighted by atomic mass is 32.1. The highest BCUT2D eigenvalue weighted by Gasteiger charge is 2.30. The number of aliphatic hydroxyl groups is 2. The molecular weight excluding hydrogens is 264 g/mol. The van der Waals surface area contributed by atoms with E-state index in [2.05, 4.69) is 11.9 Å². The van der Waals surface area contributed by atoms with Gasteiger partial charge in [-0.05, 0) is 19.3 Å². The van der Waals surface area contributed by atoms with Crippen LogP contribution in [0.4, 0.5) is 0 Å². The third-order valence-electron chi connectivity index (χ3n) is 3.48. The van der Waals surface area contributed by atoms with Crippen molar-refractivity contribution < 1.29 is 15.0 Å². The molecule has 2 atom stereocenters. The van der Waals surface area contributed by atoms with E-state index in [0.717, 1.165) is 17.8 Å². The summed E-state index contributed by atoms with van der Waals surface area (Å²) in [6, 6.07) is 0. The highest BCUT2D eigenvalue weighted by Crippen LogP contribution is 2.20. The monoisotopic (exact) mass is 284 g/mol. The number of piperidine rings is 1. The van der Waals surface area contributed by atoms with Crippen LogP contribution in [-0.2, 0) is 6.42 Å². The van der Waals surface area contributed by atoms with E-state index in [4.69, 9.17) is 5.11 Å². The molecule has 0 aromatic carbocycles. The third kappa shape index (κ3) is 3.32. The molecule has 2 heterocycles. The summed E-state index contributed by atoms with van der Waals surface area (Å²) in [5.74, 6) is -0.232. The Morgan fingerprint density at radius 2 is 2.42 bits per heavy atom. The van der Waals surface area contributed by atoms with E-state index in [-0.39, 0.29) is 25.0 Å². The topological polar surface area (TPSA) is 73.7 Å². The van der Waals surface area contributed by atoms with Crippen LogP contribution in [0.15, 0.2) is 5.38 Å². The molecule has 0 saturated carbocycles. The molecule has 1 aromatic rings. The number of thiazole rings is 1. The molecule has 19 heavy (non-hydrogen) atoms. The Morgan fingerprint density at radius 1 is 1.63 bits per heavy atom. The fraction of sp³-hybridized carbons (Fsp3) is 0.692. The Balaban J connectivity index is 1.99. The number of nitrogens with zero attached hydrogens (tertiary/aromatic N) is 2. The van der Waals surface area contributed by atoms with E-state index in [0.29, 0.717) is 18.7 Å². The molecule has 1 fully saturated rings. The van der Waals surface area contributed by atoms with Crippen molar-refractivity contribution in [2.45, 2.75) is 32.3 Å². The Labute approximate surface area is 116 Å². The van der Waals surface area contributed by atoms with Crippen LogP contribution in [0.25, 0.3) is 0 Å². The fourth-order valence-corrected chi connectivity index (χ4v) is 3.15. The van der Waals surface area contributed by atoms with Crippen LogP contribution < -0.4 is 0 Å². The summed E-state index contributed by atoms with van der Waals surface area (Å²) < 4.78 is 0. The van der Waals surface area contributed by atoms with Crippen molar-refractivity contribution in [2.75, 3.05) is 19.7 Å². The number of aryl methyl sites for hydroxylation is 1. The summed E-state index contributed by atoms with van der Waals surface area (Å²) >= 11 is 1.51. The summed E-state index contributed by atoms with van der Waals surface area (Å²) in [7, 11) is 0. The highest BCUT2D eigenvalue weighted by molar-refractivity contribution is 7.09. The summed E-state index contributed by atoms with van der Waals surface area (Å²) in [6.45, 7) is 2.91. The van der Waals surface area contributed by atoms with Crippen molar-refractivity contribution in [1.29, 1.82) is 0 Å². The lowest BCUT2D eigenvalue weighted by Crippen LogP contribution is -2.47. The van der Waals surface area contributed by atoms with Crippen molar-refractivity contribution in [1.82, 2.24) is 9.88 Å². The first kappa shape index (κ1) is 14.4. The lowest BCUT2D eigenvalue weighted by atomic mass is 9.94. The Hall–Kier alpha value is -0.980. The number of carbonyl (C=O) groups excluding carboxylic acids is 1. The molecular formula is C13H20N2O3S. The Bertz CT molecular complexity index is 435. The maximum atomic E-state index is 12.3. The third-order valence-corrected chi connectivity index (χ3v) is 4.39. The van der Waals surface area contributed by atoms with Gasteiger partial charge in [-0.1, -0.05) is 6.92 Å². The maximum Gasteiger partial charge on any atom is 0.273 e. The van der Waals surface area contributed by atoms with Crippen LogP contribution in [0.5, 0.6) is 0 Å². The van der Waals surface area contributed by atoms with Crippen LogP contribution >= 0.6 is 11.3 Å². The van der Waals surface area contributed by atoms with Gasteiger partial charge in [-0.15, -0.1) is 11.3 Å². The molecule has 2 rings (SSSR count). The second-order valence-corrected chi connectivity index (χ2v) is 5.87. The minimum absolute atomic E-state index is 0.0272. The number of β-amino-alcohol motifs (C(OH)–C–C–N with tert-alkyl or cyclic N) is 1. The van der Waals surface area contributed by atoms with Gasteiger partial charge in [0.1, 0.15) is 5.69 Å². The molecule has 1 saturated heterocycles. The fourth-order valence-electron chi connectivity index (χ4n) is 2.28. The number of aliphatic hydroxyl groups excluding tert-OH is 2. The van der Waals surface area contributed by atoms with Gasteiger partial charge in [0.25, 0.3) is 5.91 Å². The average Bonchev–Trinajstić information content (AvgIpc) is 2.87. The van der Waals surface area contributed by atoms with E-state index < -0.39 is 6.10 Å². The molecule has 106 valence electrons. The summed E-state index contributed by atoms with van der Waals surface area (Å²) in [5.41, 5.74) is 0.475. The minimum Gasteiger partial charge on any atom is -0.396 e. The number of carbonyl (C=O) groups is 1. The van der Waals surface area contributed by atoms with Gasteiger partial charge in [-0.25, -0.2) is 4.98 Å². The van der Waals surface area contributed by atoms with Crippen LogP contribution in [0.2, 0.25) is 0 Å². The summed E-state index contributed by atoms with van der Waals surface area (Å²) in [4.78, 5) is 18.2. The van der Waals surface area contributed by atoms with E-state index in [1.807, 2.05) is 0 Å². The molecule has 0 radical (unpaired) electrons. The molecule has 0 bridgehead atoms. The molecule has 6 heteroatoms. The molecule has 1 amide bonds. The standard InChI is InChI=1S/C13H20N2O3S/c1-2-3-12-14-10(8-19-12)13(18)15-5-4-9(7-16)11(17)6-15/h8-9,11,16-17H,2-7H2,1H3/t9-,11-/m0/s1. The van der Waals surface area contributed by atoms with Crippen LogP contribution in [0, 0.1) is 5.92 Å². The Morgan fingerprint density at radius 3 is 3.05 bits per heavy atom. The lowest BCUT2D eigenvalue weighted by molar-refractivity contribution is 0.000684. The largest absolute Gasteiger partial charge is 0.396 e. The maximum absolute atomic E-state index is 12.3. The molecule has 0 aliphatic carbocycles. The lowest BCUT2D eigenvalue weighted by Gasteiger charge is -2.34. The van der Waals surface area contributed by atoms with Gasteiger partial charge < -0.3 is 15.1 Å². The van der Waals surface area contributed by atoms with Crippen molar-refractivity contribution >= 4 is 17.2 Å². The second kappa shape index (κ2) is 6.45. The predicted octanol–water partition coefficient (Wildman–Crippen LogP) is 0.911. The van der Waals surface area contributed by atoms with Crippen LogP contribution in [-0.4, -0.2) is 51.8 Å². The normalized spacial score (nSPS) is 23.6. The minimum atomic E-state index is -0.642. The first-order chi connectivity index (χ1) is 9.15. The SMILES string of the molecule is CCCc1nc(C(=O)N2CC[C@@H](CO)[C@@H](O)C2)cs1. The van der Waals surface area contributed by atoms with Gasteiger partial charge in [0.2, 0.25) is 0 Å². The number of hydrogen-bond acceptors (Lipinski definition) is 5. The first-order valence-corrected chi connectivity index (χ1v) is 7.56. The van der Waals surface area contributed by atoms with Gasteiger partial charge >= 0.3 is 0 Å². The van der Waals surface area contributed by atoms with Gasteiger partial charge in [-0.3, -0.25) is 4.79 Å². The van der Waals surface area contributed by atoms with Gasteiger partial charge in [0.15, 0.2) is 0 Å². The molecule has 1 aliphatic heterocycles. The molecule has 5 nitrogen and oxygen atoms in total. The van der Waals surface area contributed by atoms with Crippen molar-refractivity contribution in [3.05, 3.63) is 16.1 Å². The smallest absolute Gasteiger partial charge is 0.273 e. The van der Waals surface area contributed by atoms with E-state index in [9.17, 15) is 9.90 Å². The van der Waals surface area contributed by atoms with Crippen molar-refractivity contribution in [3.63, 3.8) is 0 Å². The molecule has 0 unspecified atom stereocenters. The van der Waals surface area contributed by atoms with Crippen LogP contribution in [0.3, 0.4) is 0 Å². The molecule has 0 spiro atoms. The number of aromatic nitrogens is 1. The zero-order valence-electron chi connectivity index (χ0n) is 11.1. The molecule has 1 aromatic heterocycles. The van der Waals surface area contributed by atoms with Gasteiger partial charge in [0, 0.05) is 31.0 Å².